The van der Waals surface area contributed by atoms with Gasteiger partial charge in [0.05, 0.1) is 6.21 Å². The van der Waals surface area contributed by atoms with Gasteiger partial charge in [-0.15, -0.1) is 0 Å². The predicted molar refractivity (Wildman–Crippen MR) is 113 cm³/mol. The predicted octanol–water partition coefficient (Wildman–Crippen LogP) is 3.38. The van der Waals surface area contributed by atoms with Crippen molar-refractivity contribution < 1.29 is 9.53 Å². The summed E-state index contributed by atoms with van der Waals surface area (Å²) < 4.78 is 7.60. The number of aryl methyl sites for hydroxylation is 1. The Morgan fingerprint density at radius 3 is 2.68 bits per heavy atom. The molecule has 0 fully saturated rings. The van der Waals surface area contributed by atoms with Crippen molar-refractivity contribution >= 4 is 17.8 Å². The van der Waals surface area contributed by atoms with E-state index in [9.17, 15) is 4.79 Å². The van der Waals surface area contributed by atoms with E-state index in [0.29, 0.717) is 5.75 Å². The monoisotopic (exact) mass is 376 g/mol. The lowest BCUT2D eigenvalue weighted by Gasteiger charge is -2.13. The fourth-order valence-corrected chi connectivity index (χ4v) is 2.75. The summed E-state index contributed by atoms with van der Waals surface area (Å²) in [5.41, 5.74) is 6.57. The number of nitrogens with one attached hydrogen (secondary N) is 1. The molecule has 0 aliphatic heterocycles. The molecule has 0 unspecified atom stereocenters. The number of aromatic nitrogens is 1. The highest BCUT2D eigenvalue weighted by atomic mass is 16.5. The Morgan fingerprint density at radius 1 is 1.14 bits per heavy atom. The molecule has 0 bridgehead atoms. The molecule has 6 nitrogen and oxygen atoms in total. The highest BCUT2D eigenvalue weighted by Crippen LogP contribution is 2.19. The van der Waals surface area contributed by atoms with Gasteiger partial charge in [0, 0.05) is 49.0 Å². The Hall–Kier alpha value is -3.54. The Balaban J connectivity index is 1.53. The number of amides is 1. The van der Waals surface area contributed by atoms with Crippen LogP contribution < -0.4 is 15.1 Å². The molecule has 0 saturated heterocycles. The molecule has 2 aromatic carbocycles. The van der Waals surface area contributed by atoms with E-state index >= 15 is 0 Å². The number of anilines is 1. The molecule has 3 aromatic rings. The van der Waals surface area contributed by atoms with E-state index in [-0.39, 0.29) is 12.5 Å². The van der Waals surface area contributed by atoms with Gasteiger partial charge in [-0.05, 0) is 37.3 Å². The minimum Gasteiger partial charge on any atom is -0.484 e. The van der Waals surface area contributed by atoms with E-state index in [1.807, 2.05) is 92.8 Å². The normalized spacial score (nSPS) is 10.8. The first-order valence-electron chi connectivity index (χ1n) is 8.99. The molecular formula is C22H24N4O2. The standard InChI is InChI=1S/C22H24N4O2/c1-17-12-18(15-26(17)19-8-5-4-6-9-19)14-23-24-22(27)16-28-21-11-7-10-20(13-21)25(2)3/h4-15H,16H2,1-3H3,(H,24,27)/b23-14+. The van der Waals surface area contributed by atoms with Gasteiger partial charge in [0.15, 0.2) is 6.61 Å². The van der Waals surface area contributed by atoms with Crippen LogP contribution in [0.2, 0.25) is 0 Å². The lowest BCUT2D eigenvalue weighted by molar-refractivity contribution is -0.123. The second-order valence-electron chi connectivity index (χ2n) is 6.59. The van der Waals surface area contributed by atoms with Crippen LogP contribution in [0.5, 0.6) is 5.75 Å². The van der Waals surface area contributed by atoms with E-state index in [1.54, 1.807) is 6.21 Å². The minimum atomic E-state index is -0.314. The second kappa shape index (κ2) is 8.90. The van der Waals surface area contributed by atoms with Crippen molar-refractivity contribution in [3.63, 3.8) is 0 Å². The number of carbonyl (C=O) groups is 1. The molecular weight excluding hydrogens is 352 g/mol. The van der Waals surface area contributed by atoms with Crippen molar-refractivity contribution in [3.05, 3.63) is 78.1 Å². The summed E-state index contributed by atoms with van der Waals surface area (Å²) in [7, 11) is 3.90. The minimum absolute atomic E-state index is 0.0989. The van der Waals surface area contributed by atoms with E-state index in [4.69, 9.17) is 4.74 Å². The molecule has 28 heavy (non-hydrogen) atoms. The van der Waals surface area contributed by atoms with Crippen LogP contribution in [0.15, 0.2) is 72.0 Å². The van der Waals surface area contributed by atoms with E-state index in [1.165, 1.54) is 0 Å². The summed E-state index contributed by atoms with van der Waals surface area (Å²) in [6.07, 6.45) is 3.60. The average molecular weight is 376 g/mol. The summed E-state index contributed by atoms with van der Waals surface area (Å²) in [6, 6.07) is 19.6. The van der Waals surface area contributed by atoms with Crippen LogP contribution in [0.1, 0.15) is 11.3 Å². The van der Waals surface area contributed by atoms with Crippen LogP contribution in [0, 0.1) is 6.92 Å². The molecule has 0 saturated carbocycles. The maximum Gasteiger partial charge on any atom is 0.277 e. The number of benzene rings is 2. The van der Waals surface area contributed by atoms with Crippen molar-refractivity contribution in [1.29, 1.82) is 0 Å². The van der Waals surface area contributed by atoms with Crippen molar-refractivity contribution in [2.24, 2.45) is 5.10 Å². The van der Waals surface area contributed by atoms with Gasteiger partial charge >= 0.3 is 0 Å². The highest BCUT2D eigenvalue weighted by molar-refractivity contribution is 5.83. The van der Waals surface area contributed by atoms with Gasteiger partial charge in [-0.25, -0.2) is 5.43 Å². The largest absolute Gasteiger partial charge is 0.484 e. The summed E-state index contributed by atoms with van der Waals surface area (Å²) in [4.78, 5) is 13.9. The van der Waals surface area contributed by atoms with E-state index in [2.05, 4.69) is 15.1 Å². The van der Waals surface area contributed by atoms with E-state index < -0.39 is 0 Å². The smallest absolute Gasteiger partial charge is 0.277 e. The van der Waals surface area contributed by atoms with Crippen LogP contribution in [0.25, 0.3) is 5.69 Å². The Morgan fingerprint density at radius 2 is 1.93 bits per heavy atom. The maximum absolute atomic E-state index is 12.0. The fraction of sp³-hybridized carbons (Fsp3) is 0.182. The molecule has 0 aliphatic rings. The number of ether oxygens (including phenoxy) is 1. The third-order valence-corrected chi connectivity index (χ3v) is 4.17. The topological polar surface area (TPSA) is 58.9 Å². The molecule has 1 aromatic heterocycles. The highest BCUT2D eigenvalue weighted by Gasteiger charge is 2.05. The van der Waals surface area contributed by atoms with Crippen LogP contribution in [-0.2, 0) is 4.79 Å². The number of carbonyl (C=O) groups excluding carboxylic acids is 1. The number of para-hydroxylation sites is 1. The van der Waals surface area contributed by atoms with Crippen molar-refractivity contribution in [3.8, 4) is 11.4 Å². The first kappa shape index (κ1) is 19.2. The molecule has 0 atom stereocenters. The zero-order chi connectivity index (χ0) is 19.9. The Kier molecular flexibility index (Phi) is 6.11. The van der Waals surface area contributed by atoms with Gasteiger partial charge in [0.1, 0.15) is 5.75 Å². The lowest BCUT2D eigenvalue weighted by Crippen LogP contribution is -2.24. The molecule has 1 heterocycles. The summed E-state index contributed by atoms with van der Waals surface area (Å²) in [6.45, 7) is 1.93. The Bertz CT molecular complexity index is 962. The first-order valence-corrected chi connectivity index (χ1v) is 8.99. The summed E-state index contributed by atoms with van der Waals surface area (Å²) >= 11 is 0. The summed E-state index contributed by atoms with van der Waals surface area (Å²) in [5, 5.41) is 4.02. The summed E-state index contributed by atoms with van der Waals surface area (Å²) in [5.74, 6) is 0.326. The van der Waals surface area contributed by atoms with Crippen LogP contribution in [0.4, 0.5) is 5.69 Å². The van der Waals surface area contributed by atoms with Gasteiger partial charge in [0.2, 0.25) is 0 Å². The lowest BCUT2D eigenvalue weighted by atomic mass is 10.3. The van der Waals surface area contributed by atoms with Crippen LogP contribution in [-0.4, -0.2) is 37.4 Å². The third kappa shape index (κ3) is 5.01. The molecule has 144 valence electrons. The average Bonchev–Trinajstić information content (AvgIpc) is 3.07. The molecule has 6 heteroatoms. The third-order valence-electron chi connectivity index (χ3n) is 4.17. The number of hydrogen-bond donors (Lipinski definition) is 1. The quantitative estimate of drug-likeness (QED) is 0.508. The number of nitrogens with zero attached hydrogens (tertiary/aromatic N) is 3. The molecule has 0 spiro atoms. The van der Waals surface area contributed by atoms with E-state index in [0.717, 1.165) is 22.6 Å². The van der Waals surface area contributed by atoms with Crippen molar-refractivity contribution in [2.75, 3.05) is 25.6 Å². The molecule has 0 radical (unpaired) electrons. The molecule has 1 N–H and O–H groups in total. The molecule has 1 amide bonds. The van der Waals surface area contributed by atoms with Gasteiger partial charge in [-0.1, -0.05) is 24.3 Å². The number of hydrogen-bond acceptors (Lipinski definition) is 4. The van der Waals surface area contributed by atoms with Crippen LogP contribution in [0.3, 0.4) is 0 Å². The van der Waals surface area contributed by atoms with Gasteiger partial charge in [-0.2, -0.15) is 5.10 Å². The van der Waals surface area contributed by atoms with Gasteiger partial charge < -0.3 is 14.2 Å². The van der Waals surface area contributed by atoms with Crippen molar-refractivity contribution in [2.45, 2.75) is 6.92 Å². The zero-order valence-electron chi connectivity index (χ0n) is 16.3. The fourth-order valence-electron chi connectivity index (χ4n) is 2.75. The Labute approximate surface area is 165 Å². The first-order chi connectivity index (χ1) is 13.5. The maximum atomic E-state index is 12.0. The second-order valence-corrected chi connectivity index (χ2v) is 6.59. The SMILES string of the molecule is Cc1cc(/C=N/NC(=O)COc2cccc(N(C)C)c2)cn1-c1ccccc1. The number of hydrazone groups is 1. The van der Waals surface area contributed by atoms with Crippen molar-refractivity contribution in [1.82, 2.24) is 9.99 Å². The zero-order valence-corrected chi connectivity index (χ0v) is 16.3. The van der Waals surface area contributed by atoms with Crippen LogP contribution >= 0.6 is 0 Å². The molecule has 3 rings (SSSR count). The molecule has 0 aliphatic carbocycles. The van der Waals surface area contributed by atoms with Gasteiger partial charge in [0.25, 0.3) is 5.91 Å². The number of rotatable bonds is 7. The van der Waals surface area contributed by atoms with Gasteiger partial charge in [-0.3, -0.25) is 4.79 Å².